The van der Waals surface area contributed by atoms with E-state index in [9.17, 15) is 0 Å². The van der Waals surface area contributed by atoms with Crippen molar-refractivity contribution >= 4 is 70.1 Å². The predicted octanol–water partition coefficient (Wildman–Crippen LogP) is 18.2. The van der Waals surface area contributed by atoms with Gasteiger partial charge in [0.1, 0.15) is 0 Å². The summed E-state index contributed by atoms with van der Waals surface area (Å²) in [7, 11) is 0. The SMILES string of the molecule is c1ccc(-c2cccc3cccc(-c4ccccc4N(c4cccc(-c5cccc6sc7ccccc7c56)c4)c4ccccc4-c4cccc5cccc(-c6ccccc6)c45)c23)cc1. The van der Waals surface area contributed by atoms with Gasteiger partial charge in [-0.3, -0.25) is 0 Å². The van der Waals surface area contributed by atoms with Gasteiger partial charge in [0, 0.05) is 37.0 Å². The molecule has 12 aromatic rings. The molecule has 1 nitrogen and oxygen atoms in total. The van der Waals surface area contributed by atoms with Gasteiger partial charge in [-0.25, -0.2) is 0 Å². The molecule has 0 unspecified atom stereocenters. The fourth-order valence-electron chi connectivity index (χ4n) is 9.88. The van der Waals surface area contributed by atoms with Crippen molar-refractivity contribution < 1.29 is 0 Å². The summed E-state index contributed by atoms with van der Waals surface area (Å²) >= 11 is 1.86. The lowest BCUT2D eigenvalue weighted by Crippen LogP contribution is -2.12. The average Bonchev–Trinajstić information content (AvgIpc) is 3.76. The maximum atomic E-state index is 2.51. The van der Waals surface area contributed by atoms with E-state index in [-0.39, 0.29) is 0 Å². The Morgan fingerprint density at radius 1 is 0.266 bits per heavy atom. The first-order chi connectivity index (χ1) is 31.8. The van der Waals surface area contributed by atoms with E-state index in [0.717, 1.165) is 28.2 Å². The summed E-state index contributed by atoms with van der Waals surface area (Å²) in [5.74, 6) is 0. The number of nitrogens with zero attached hydrogens (tertiary/aromatic N) is 1. The van der Waals surface area contributed by atoms with E-state index in [1.807, 2.05) is 11.3 Å². The van der Waals surface area contributed by atoms with Crippen LogP contribution in [0, 0.1) is 0 Å². The highest BCUT2D eigenvalue weighted by atomic mass is 32.1. The summed E-state index contributed by atoms with van der Waals surface area (Å²) in [6, 6.07) is 91.1. The summed E-state index contributed by atoms with van der Waals surface area (Å²) in [4.78, 5) is 2.51. The lowest BCUT2D eigenvalue weighted by atomic mass is 9.89. The molecule has 0 aliphatic heterocycles. The van der Waals surface area contributed by atoms with Crippen molar-refractivity contribution in [3.05, 3.63) is 249 Å². The van der Waals surface area contributed by atoms with Gasteiger partial charge in [-0.15, -0.1) is 11.3 Å². The molecule has 1 aromatic heterocycles. The van der Waals surface area contributed by atoms with E-state index >= 15 is 0 Å². The highest BCUT2D eigenvalue weighted by Gasteiger charge is 2.24. The number of thiophene rings is 1. The molecule has 0 aliphatic rings. The summed E-state index contributed by atoms with van der Waals surface area (Å²) in [6.07, 6.45) is 0. The second-order valence-corrected chi connectivity index (χ2v) is 17.4. The van der Waals surface area contributed by atoms with Crippen molar-refractivity contribution in [1.82, 2.24) is 0 Å². The smallest absolute Gasteiger partial charge is 0.0540 e. The van der Waals surface area contributed by atoms with Gasteiger partial charge in [-0.1, -0.05) is 212 Å². The van der Waals surface area contributed by atoms with Crippen LogP contribution in [-0.4, -0.2) is 0 Å². The normalized spacial score (nSPS) is 11.4. The summed E-state index contributed by atoms with van der Waals surface area (Å²) in [5, 5.41) is 7.50. The molecule has 300 valence electrons. The molecule has 0 aliphatic carbocycles. The number of rotatable bonds is 8. The molecule has 12 rings (SSSR count). The van der Waals surface area contributed by atoms with Crippen molar-refractivity contribution in [2.24, 2.45) is 0 Å². The monoisotopic (exact) mass is 831 g/mol. The first-order valence-electron chi connectivity index (χ1n) is 21.9. The Labute approximate surface area is 377 Å². The van der Waals surface area contributed by atoms with Crippen molar-refractivity contribution in [1.29, 1.82) is 0 Å². The van der Waals surface area contributed by atoms with Crippen LogP contribution >= 0.6 is 11.3 Å². The van der Waals surface area contributed by atoms with Gasteiger partial charge in [0.15, 0.2) is 0 Å². The Bertz CT molecular complexity index is 3500. The van der Waals surface area contributed by atoms with Crippen molar-refractivity contribution in [3.63, 3.8) is 0 Å². The third kappa shape index (κ3) is 6.47. The van der Waals surface area contributed by atoms with Gasteiger partial charge in [0.05, 0.1) is 11.4 Å². The van der Waals surface area contributed by atoms with Crippen molar-refractivity contribution in [3.8, 4) is 55.6 Å². The third-order valence-corrected chi connectivity index (χ3v) is 13.8. The fraction of sp³-hybridized carbons (Fsp3) is 0. The molecule has 0 bridgehead atoms. The molecule has 0 saturated heterocycles. The largest absolute Gasteiger partial charge is 0.309 e. The fourth-order valence-corrected chi connectivity index (χ4v) is 11.0. The van der Waals surface area contributed by atoms with Gasteiger partial charge in [0.2, 0.25) is 0 Å². The van der Waals surface area contributed by atoms with Gasteiger partial charge < -0.3 is 4.90 Å². The Morgan fingerprint density at radius 3 is 1.25 bits per heavy atom. The first-order valence-corrected chi connectivity index (χ1v) is 22.7. The molecule has 11 aromatic carbocycles. The quantitative estimate of drug-likeness (QED) is 0.147. The van der Waals surface area contributed by atoms with E-state index in [1.54, 1.807) is 0 Å². The number of fused-ring (bicyclic) bond motifs is 5. The highest BCUT2D eigenvalue weighted by Crippen LogP contribution is 2.50. The van der Waals surface area contributed by atoms with Crippen molar-refractivity contribution in [2.45, 2.75) is 0 Å². The van der Waals surface area contributed by atoms with E-state index < -0.39 is 0 Å². The maximum Gasteiger partial charge on any atom is 0.0540 e. The van der Waals surface area contributed by atoms with E-state index in [2.05, 4.69) is 254 Å². The molecule has 0 N–H and O–H groups in total. The van der Waals surface area contributed by atoms with Crippen LogP contribution in [0.3, 0.4) is 0 Å². The van der Waals surface area contributed by atoms with Crippen LogP contribution in [0.4, 0.5) is 17.1 Å². The second-order valence-electron chi connectivity index (χ2n) is 16.3. The van der Waals surface area contributed by atoms with Crippen LogP contribution in [0.2, 0.25) is 0 Å². The van der Waals surface area contributed by atoms with Crippen LogP contribution < -0.4 is 4.90 Å². The standard InChI is InChI=1S/C62H41NS/c1-3-19-42(20-4-1)48-32-14-23-44-25-16-35-53(60(44)48)51-29-7-10-37-56(51)63(47-28-13-27-46(41-47)50-34-18-40-59-62(50)55-31-9-12-39-58(55)64-59)57-38-11-8-30-52(57)54-36-17-26-45-24-15-33-49(61(45)54)43-21-5-2-6-22-43/h1-41H. The van der Waals surface area contributed by atoms with Gasteiger partial charge in [-0.2, -0.15) is 0 Å². The van der Waals surface area contributed by atoms with E-state index in [1.165, 1.54) is 86.2 Å². The zero-order valence-electron chi connectivity index (χ0n) is 35.0. The number of anilines is 3. The third-order valence-electron chi connectivity index (χ3n) is 12.7. The molecular formula is C62H41NS. The molecule has 0 radical (unpaired) electrons. The minimum atomic E-state index is 1.08. The number of hydrogen-bond donors (Lipinski definition) is 0. The van der Waals surface area contributed by atoms with Crippen LogP contribution in [0.1, 0.15) is 0 Å². The summed E-state index contributed by atoms with van der Waals surface area (Å²) in [6.45, 7) is 0. The van der Waals surface area contributed by atoms with E-state index in [0.29, 0.717) is 0 Å². The van der Waals surface area contributed by atoms with Crippen LogP contribution in [0.15, 0.2) is 249 Å². The number of hydrogen-bond acceptors (Lipinski definition) is 2. The summed E-state index contributed by atoms with van der Waals surface area (Å²) < 4.78 is 2.60. The van der Waals surface area contributed by atoms with Gasteiger partial charge in [0.25, 0.3) is 0 Å². The molecule has 0 spiro atoms. The molecular weight excluding hydrogens is 791 g/mol. The minimum Gasteiger partial charge on any atom is -0.309 e. The first kappa shape index (κ1) is 37.7. The Kier molecular flexibility index (Phi) is 9.43. The zero-order chi connectivity index (χ0) is 42.4. The molecule has 0 saturated carbocycles. The Hall–Kier alpha value is -8.04. The molecule has 0 amide bonds. The Morgan fingerprint density at radius 2 is 0.672 bits per heavy atom. The second kappa shape index (κ2) is 16.0. The lowest BCUT2D eigenvalue weighted by Gasteiger charge is -2.31. The maximum absolute atomic E-state index is 2.51. The van der Waals surface area contributed by atoms with E-state index in [4.69, 9.17) is 0 Å². The minimum absolute atomic E-state index is 1.08. The summed E-state index contributed by atoms with van der Waals surface area (Å²) in [5.41, 5.74) is 15.2. The average molecular weight is 832 g/mol. The highest BCUT2D eigenvalue weighted by molar-refractivity contribution is 7.25. The molecule has 0 fully saturated rings. The molecule has 0 atom stereocenters. The van der Waals surface area contributed by atoms with Crippen LogP contribution in [0.25, 0.3) is 97.4 Å². The predicted molar refractivity (Wildman–Crippen MR) is 276 cm³/mol. The topological polar surface area (TPSA) is 3.24 Å². The number of benzene rings is 11. The van der Waals surface area contributed by atoms with Crippen molar-refractivity contribution in [2.75, 3.05) is 4.90 Å². The van der Waals surface area contributed by atoms with Crippen LogP contribution in [0.5, 0.6) is 0 Å². The van der Waals surface area contributed by atoms with Gasteiger partial charge >= 0.3 is 0 Å². The Balaban J connectivity index is 1.14. The lowest BCUT2D eigenvalue weighted by molar-refractivity contribution is 1.29. The van der Waals surface area contributed by atoms with Crippen LogP contribution in [-0.2, 0) is 0 Å². The molecule has 64 heavy (non-hydrogen) atoms. The van der Waals surface area contributed by atoms with Gasteiger partial charge in [-0.05, 0) is 102 Å². The molecule has 1 heterocycles. The molecule has 2 heteroatoms. The number of para-hydroxylation sites is 2. The zero-order valence-corrected chi connectivity index (χ0v) is 35.8.